The van der Waals surface area contributed by atoms with Crippen molar-refractivity contribution in [2.45, 2.75) is 6.61 Å². The molecule has 1 aromatic carbocycles. The van der Waals surface area contributed by atoms with Gasteiger partial charge < -0.3 is 10.0 Å². The van der Waals surface area contributed by atoms with Gasteiger partial charge in [0.25, 0.3) is 5.56 Å². The lowest BCUT2D eigenvalue weighted by Gasteiger charge is -2.10. The summed E-state index contributed by atoms with van der Waals surface area (Å²) in [6, 6.07) is 9.38. The fourth-order valence-electron chi connectivity index (χ4n) is 2.12. The van der Waals surface area contributed by atoms with Crippen molar-refractivity contribution in [3.63, 3.8) is 0 Å². The van der Waals surface area contributed by atoms with E-state index in [1.165, 1.54) is 0 Å². The van der Waals surface area contributed by atoms with Crippen molar-refractivity contribution in [2.24, 2.45) is 7.05 Å². The van der Waals surface area contributed by atoms with Crippen molar-refractivity contribution in [1.29, 1.82) is 0 Å². The largest absolute Gasteiger partial charge is 0.390 e. The van der Waals surface area contributed by atoms with Crippen LogP contribution in [-0.2, 0) is 13.7 Å². The Bertz CT molecular complexity index is 597. The molecule has 0 saturated heterocycles. The number of aliphatic hydroxyl groups excluding tert-OH is 1. The van der Waals surface area contributed by atoms with E-state index in [1.807, 2.05) is 30.3 Å². The first kappa shape index (κ1) is 12.4. The van der Waals surface area contributed by atoms with E-state index in [2.05, 4.69) is 0 Å². The van der Waals surface area contributed by atoms with Crippen LogP contribution in [0.3, 0.4) is 0 Å². The first-order valence-electron chi connectivity index (χ1n) is 5.72. The topological polar surface area (TPSA) is 50.4 Å². The predicted molar refractivity (Wildman–Crippen MR) is 71.3 cm³/mol. The second-order valence-corrected chi connectivity index (χ2v) is 4.32. The summed E-state index contributed by atoms with van der Waals surface area (Å²) in [5.41, 5.74) is 1.78. The molecular weight excluding hydrogens is 230 g/mol. The van der Waals surface area contributed by atoms with Crippen LogP contribution in [0.25, 0.3) is 5.69 Å². The second-order valence-electron chi connectivity index (χ2n) is 4.32. The predicted octanol–water partition coefficient (Wildman–Crippen LogP) is 0.734. The number of hydrogen-bond acceptors (Lipinski definition) is 3. The lowest BCUT2D eigenvalue weighted by atomic mass is 10.3. The van der Waals surface area contributed by atoms with Crippen molar-refractivity contribution in [1.82, 2.24) is 9.36 Å². The molecule has 5 nitrogen and oxygen atoms in total. The number of rotatable bonds is 3. The molecule has 1 heterocycles. The van der Waals surface area contributed by atoms with Crippen LogP contribution in [0.5, 0.6) is 0 Å². The molecule has 1 N–H and O–H groups in total. The molecule has 0 bridgehead atoms. The molecule has 2 aromatic rings. The van der Waals surface area contributed by atoms with E-state index in [1.54, 1.807) is 35.4 Å². The summed E-state index contributed by atoms with van der Waals surface area (Å²) in [6.07, 6.45) is 0. The summed E-state index contributed by atoms with van der Waals surface area (Å²) in [6.45, 7) is -0.168. The Hall–Kier alpha value is -2.01. The Morgan fingerprint density at radius 1 is 1.22 bits per heavy atom. The molecule has 0 aliphatic carbocycles. The molecule has 0 spiro atoms. The molecule has 0 saturated carbocycles. The summed E-state index contributed by atoms with van der Waals surface area (Å²) in [5, 5.41) is 9.43. The van der Waals surface area contributed by atoms with Crippen LogP contribution in [0.2, 0.25) is 0 Å². The first-order valence-corrected chi connectivity index (χ1v) is 5.72. The van der Waals surface area contributed by atoms with Gasteiger partial charge in [0.1, 0.15) is 5.69 Å². The molecule has 0 atom stereocenters. The Morgan fingerprint density at radius 3 is 2.28 bits per heavy atom. The molecule has 96 valence electrons. The lowest BCUT2D eigenvalue weighted by molar-refractivity contribution is 0.269. The smallest absolute Gasteiger partial charge is 0.295 e. The van der Waals surface area contributed by atoms with Crippen molar-refractivity contribution in [2.75, 3.05) is 19.0 Å². The third kappa shape index (κ3) is 1.82. The second kappa shape index (κ2) is 4.70. The van der Waals surface area contributed by atoms with Gasteiger partial charge in [0.05, 0.1) is 18.0 Å². The van der Waals surface area contributed by atoms with E-state index >= 15 is 0 Å². The van der Waals surface area contributed by atoms with Crippen molar-refractivity contribution >= 4 is 5.69 Å². The minimum absolute atomic E-state index is 0.127. The Labute approximate surface area is 105 Å². The maximum atomic E-state index is 12.4. The third-order valence-corrected chi connectivity index (χ3v) is 2.96. The zero-order chi connectivity index (χ0) is 13.3. The normalized spacial score (nSPS) is 10.7. The van der Waals surface area contributed by atoms with Gasteiger partial charge in [0.2, 0.25) is 0 Å². The standard InChI is InChI=1S/C13H17N3O2/c1-14(2)12-11(9-17)15(3)16(13(12)18)10-7-5-4-6-8-10/h4-8,17H,9H2,1-3H3. The molecule has 0 amide bonds. The maximum Gasteiger partial charge on any atom is 0.295 e. The van der Waals surface area contributed by atoms with Crippen LogP contribution in [0.4, 0.5) is 5.69 Å². The number of para-hydroxylation sites is 1. The van der Waals surface area contributed by atoms with Crippen molar-refractivity contribution in [3.8, 4) is 5.69 Å². The van der Waals surface area contributed by atoms with E-state index in [0.717, 1.165) is 5.69 Å². The molecule has 0 aliphatic heterocycles. The summed E-state index contributed by atoms with van der Waals surface area (Å²) in [5.74, 6) is 0. The molecule has 0 unspecified atom stereocenters. The third-order valence-electron chi connectivity index (χ3n) is 2.96. The first-order chi connectivity index (χ1) is 8.57. The van der Waals surface area contributed by atoms with Gasteiger partial charge in [-0.15, -0.1) is 0 Å². The van der Waals surface area contributed by atoms with Gasteiger partial charge >= 0.3 is 0 Å². The highest BCUT2D eigenvalue weighted by Crippen LogP contribution is 2.16. The monoisotopic (exact) mass is 247 g/mol. The van der Waals surface area contributed by atoms with Gasteiger partial charge in [-0.25, -0.2) is 4.68 Å². The van der Waals surface area contributed by atoms with Gasteiger partial charge in [-0.05, 0) is 12.1 Å². The fourth-order valence-corrected chi connectivity index (χ4v) is 2.12. The van der Waals surface area contributed by atoms with Crippen LogP contribution in [0, 0.1) is 0 Å². The number of benzene rings is 1. The summed E-state index contributed by atoms with van der Waals surface area (Å²) < 4.78 is 3.24. The van der Waals surface area contributed by atoms with Gasteiger partial charge in [0, 0.05) is 21.1 Å². The van der Waals surface area contributed by atoms with E-state index in [-0.39, 0.29) is 12.2 Å². The molecule has 0 fully saturated rings. The maximum absolute atomic E-state index is 12.4. The van der Waals surface area contributed by atoms with Crippen LogP contribution in [0.1, 0.15) is 5.69 Å². The zero-order valence-electron chi connectivity index (χ0n) is 10.8. The molecule has 0 radical (unpaired) electrons. The number of aromatic nitrogens is 2. The highest BCUT2D eigenvalue weighted by molar-refractivity contribution is 5.50. The number of aliphatic hydroxyl groups is 1. The molecular formula is C13H17N3O2. The summed E-state index contributed by atoms with van der Waals surface area (Å²) in [4.78, 5) is 14.1. The highest BCUT2D eigenvalue weighted by atomic mass is 16.3. The SMILES string of the molecule is CN(C)c1c(CO)n(C)n(-c2ccccc2)c1=O. The minimum atomic E-state index is -0.168. The Kier molecular flexibility index (Phi) is 3.25. The molecule has 1 aromatic heterocycles. The van der Waals surface area contributed by atoms with Crippen LogP contribution in [-0.4, -0.2) is 28.6 Å². The van der Waals surface area contributed by atoms with Crippen molar-refractivity contribution in [3.05, 3.63) is 46.4 Å². The van der Waals surface area contributed by atoms with E-state index in [4.69, 9.17) is 0 Å². The van der Waals surface area contributed by atoms with Gasteiger partial charge in [-0.1, -0.05) is 18.2 Å². The molecule has 5 heteroatoms. The number of nitrogens with zero attached hydrogens (tertiary/aromatic N) is 3. The molecule has 18 heavy (non-hydrogen) atoms. The minimum Gasteiger partial charge on any atom is -0.390 e. The van der Waals surface area contributed by atoms with E-state index in [0.29, 0.717) is 11.4 Å². The molecule has 2 rings (SSSR count). The van der Waals surface area contributed by atoms with Crippen LogP contribution in [0.15, 0.2) is 35.1 Å². The average molecular weight is 247 g/mol. The van der Waals surface area contributed by atoms with E-state index in [9.17, 15) is 9.90 Å². The van der Waals surface area contributed by atoms with Crippen molar-refractivity contribution < 1.29 is 5.11 Å². The summed E-state index contributed by atoms with van der Waals surface area (Å²) >= 11 is 0. The Morgan fingerprint density at radius 2 is 1.83 bits per heavy atom. The van der Waals surface area contributed by atoms with Gasteiger partial charge in [0.15, 0.2) is 0 Å². The number of anilines is 1. The van der Waals surface area contributed by atoms with E-state index < -0.39 is 0 Å². The summed E-state index contributed by atoms with van der Waals surface area (Å²) in [7, 11) is 5.36. The zero-order valence-corrected chi connectivity index (χ0v) is 10.8. The van der Waals surface area contributed by atoms with Crippen LogP contribution >= 0.6 is 0 Å². The lowest BCUT2D eigenvalue weighted by Crippen LogP contribution is -2.23. The fraction of sp³-hybridized carbons (Fsp3) is 0.308. The number of hydrogen-bond donors (Lipinski definition) is 1. The highest BCUT2D eigenvalue weighted by Gasteiger charge is 2.19. The van der Waals surface area contributed by atoms with Gasteiger partial charge in [-0.3, -0.25) is 9.48 Å². The average Bonchev–Trinajstić information content (AvgIpc) is 2.61. The van der Waals surface area contributed by atoms with Crippen LogP contribution < -0.4 is 10.5 Å². The quantitative estimate of drug-likeness (QED) is 0.870. The Balaban J connectivity index is 2.74. The molecule has 0 aliphatic rings. The van der Waals surface area contributed by atoms with Gasteiger partial charge in [-0.2, -0.15) is 0 Å².